The lowest BCUT2D eigenvalue weighted by molar-refractivity contribution is 0.407. The number of rotatable bonds is 4. The Morgan fingerprint density at radius 3 is 2.87 bits per heavy atom. The monoisotopic (exact) mass is 247 g/mol. The van der Waals surface area contributed by atoms with Gasteiger partial charge in [-0.15, -0.1) is 12.4 Å². The molecule has 15 heavy (non-hydrogen) atoms. The number of hydrogen-bond donors (Lipinski definition) is 1. The first-order chi connectivity index (χ1) is 6.95. The molecule has 1 aliphatic rings. The number of halogens is 1. The second kappa shape index (κ2) is 7.20. The Morgan fingerprint density at radius 2 is 2.20 bits per heavy atom. The van der Waals surface area contributed by atoms with E-state index in [1.165, 1.54) is 31.7 Å². The van der Waals surface area contributed by atoms with Crippen molar-refractivity contribution in [1.82, 2.24) is 5.32 Å². The minimum atomic E-state index is 0. The van der Waals surface area contributed by atoms with Gasteiger partial charge in [0.1, 0.15) is 5.76 Å². The van der Waals surface area contributed by atoms with E-state index in [1.807, 2.05) is 17.8 Å². The molecular weight excluding hydrogens is 230 g/mol. The first-order valence-electron chi connectivity index (χ1n) is 5.26. The highest BCUT2D eigenvalue weighted by Crippen LogP contribution is 2.21. The summed E-state index contributed by atoms with van der Waals surface area (Å²) in [7, 11) is 0. The predicted octanol–water partition coefficient (Wildman–Crippen LogP) is 2.93. The molecule has 0 aliphatic carbocycles. The maximum absolute atomic E-state index is 5.29. The van der Waals surface area contributed by atoms with Gasteiger partial charge >= 0.3 is 0 Å². The molecule has 1 N–H and O–H groups in total. The maximum Gasteiger partial charge on any atom is 0.113 e. The van der Waals surface area contributed by atoms with E-state index in [0.717, 1.165) is 17.4 Å². The zero-order chi connectivity index (χ0) is 9.64. The van der Waals surface area contributed by atoms with E-state index in [-0.39, 0.29) is 12.4 Å². The molecule has 2 heterocycles. The molecule has 1 aliphatic heterocycles. The van der Waals surface area contributed by atoms with Crippen molar-refractivity contribution < 1.29 is 4.42 Å². The Balaban J connectivity index is 0.00000112. The van der Waals surface area contributed by atoms with Crippen molar-refractivity contribution in [2.45, 2.75) is 18.6 Å². The highest BCUT2D eigenvalue weighted by molar-refractivity contribution is 7.98. The molecule has 0 aromatic carbocycles. The van der Waals surface area contributed by atoms with Crippen molar-refractivity contribution in [2.24, 2.45) is 5.92 Å². The van der Waals surface area contributed by atoms with E-state index >= 15 is 0 Å². The molecule has 0 amide bonds. The number of piperidine rings is 1. The lowest BCUT2D eigenvalue weighted by Crippen LogP contribution is -2.28. The van der Waals surface area contributed by atoms with Crippen LogP contribution in [0.1, 0.15) is 18.6 Å². The van der Waals surface area contributed by atoms with E-state index < -0.39 is 0 Å². The van der Waals surface area contributed by atoms with Crippen LogP contribution in [0.3, 0.4) is 0 Å². The van der Waals surface area contributed by atoms with Crippen molar-refractivity contribution in [3.05, 3.63) is 24.2 Å². The number of hydrogen-bond acceptors (Lipinski definition) is 3. The largest absolute Gasteiger partial charge is 0.468 e. The maximum atomic E-state index is 5.29. The van der Waals surface area contributed by atoms with Gasteiger partial charge in [0, 0.05) is 0 Å². The Morgan fingerprint density at radius 1 is 1.40 bits per heavy atom. The van der Waals surface area contributed by atoms with Crippen molar-refractivity contribution in [1.29, 1.82) is 0 Å². The smallest absolute Gasteiger partial charge is 0.113 e. The first-order valence-corrected chi connectivity index (χ1v) is 6.41. The van der Waals surface area contributed by atoms with Gasteiger partial charge in [-0.3, -0.25) is 0 Å². The van der Waals surface area contributed by atoms with E-state index in [1.54, 1.807) is 6.26 Å². The Labute approximate surface area is 102 Å². The molecule has 1 fully saturated rings. The Hall–Kier alpha value is -0.120. The van der Waals surface area contributed by atoms with Gasteiger partial charge in [0.05, 0.1) is 12.0 Å². The van der Waals surface area contributed by atoms with Gasteiger partial charge in [0.2, 0.25) is 0 Å². The van der Waals surface area contributed by atoms with Crippen molar-refractivity contribution in [3.63, 3.8) is 0 Å². The zero-order valence-corrected chi connectivity index (χ0v) is 10.4. The fourth-order valence-electron chi connectivity index (χ4n) is 1.77. The first kappa shape index (κ1) is 12.9. The highest BCUT2D eigenvalue weighted by atomic mass is 35.5. The second-order valence-electron chi connectivity index (χ2n) is 3.79. The molecule has 1 aromatic heterocycles. The topological polar surface area (TPSA) is 25.2 Å². The summed E-state index contributed by atoms with van der Waals surface area (Å²) >= 11 is 2.00. The minimum absolute atomic E-state index is 0. The summed E-state index contributed by atoms with van der Waals surface area (Å²) in [5.41, 5.74) is 0. The Kier molecular flexibility index (Phi) is 6.22. The summed E-state index contributed by atoms with van der Waals surface area (Å²) in [5, 5.41) is 3.39. The van der Waals surface area contributed by atoms with Crippen molar-refractivity contribution in [3.8, 4) is 0 Å². The van der Waals surface area contributed by atoms with E-state index in [9.17, 15) is 0 Å². The zero-order valence-electron chi connectivity index (χ0n) is 8.78. The normalized spacial score (nSPS) is 17.3. The summed E-state index contributed by atoms with van der Waals surface area (Å²) < 4.78 is 5.29. The summed E-state index contributed by atoms with van der Waals surface area (Å²) in [6.45, 7) is 2.40. The summed E-state index contributed by atoms with van der Waals surface area (Å²) in [6, 6.07) is 4.01. The van der Waals surface area contributed by atoms with Crippen LogP contribution in [-0.4, -0.2) is 18.8 Å². The van der Waals surface area contributed by atoms with Gasteiger partial charge in [0.25, 0.3) is 0 Å². The van der Waals surface area contributed by atoms with Crippen LogP contribution in [0.5, 0.6) is 0 Å². The fourth-order valence-corrected chi connectivity index (χ4v) is 2.92. The van der Waals surface area contributed by atoms with Gasteiger partial charge in [-0.05, 0) is 49.7 Å². The standard InChI is InChI=1S/C11H17NOS.ClH/c1-2-11(13-7-1)9-14-8-10-3-5-12-6-4-10;/h1-2,7,10,12H,3-6,8-9H2;1H. The lowest BCUT2D eigenvalue weighted by Gasteiger charge is -2.21. The molecule has 0 spiro atoms. The van der Waals surface area contributed by atoms with Crippen LogP contribution in [0.15, 0.2) is 22.8 Å². The summed E-state index contributed by atoms with van der Waals surface area (Å²) in [6.07, 6.45) is 4.43. The molecule has 4 heteroatoms. The molecule has 0 saturated carbocycles. The van der Waals surface area contributed by atoms with Gasteiger partial charge in [-0.25, -0.2) is 0 Å². The SMILES string of the molecule is Cl.c1coc(CSCC2CCNCC2)c1. The van der Waals surface area contributed by atoms with Crippen molar-refractivity contribution >= 4 is 24.2 Å². The second-order valence-corrected chi connectivity index (χ2v) is 4.82. The van der Waals surface area contributed by atoms with Crippen LogP contribution in [-0.2, 0) is 5.75 Å². The van der Waals surface area contributed by atoms with Crippen LogP contribution >= 0.6 is 24.2 Å². The van der Waals surface area contributed by atoms with Crippen molar-refractivity contribution in [2.75, 3.05) is 18.8 Å². The highest BCUT2D eigenvalue weighted by Gasteiger charge is 2.12. The molecule has 0 unspecified atom stereocenters. The molecule has 0 atom stereocenters. The van der Waals surface area contributed by atoms with Gasteiger partial charge in [-0.1, -0.05) is 0 Å². The molecule has 0 bridgehead atoms. The molecule has 2 nitrogen and oxygen atoms in total. The van der Waals surface area contributed by atoms with Crippen LogP contribution in [0.4, 0.5) is 0 Å². The number of furan rings is 1. The lowest BCUT2D eigenvalue weighted by atomic mass is 10.0. The van der Waals surface area contributed by atoms with Crippen LogP contribution < -0.4 is 5.32 Å². The quantitative estimate of drug-likeness (QED) is 0.886. The van der Waals surface area contributed by atoms with E-state index in [0.29, 0.717) is 0 Å². The third-order valence-corrected chi connectivity index (χ3v) is 3.83. The molecule has 2 rings (SSSR count). The average molecular weight is 248 g/mol. The third kappa shape index (κ3) is 4.49. The minimum Gasteiger partial charge on any atom is -0.468 e. The third-order valence-electron chi connectivity index (χ3n) is 2.64. The molecule has 86 valence electrons. The fraction of sp³-hybridized carbons (Fsp3) is 0.636. The Bertz CT molecular complexity index is 247. The van der Waals surface area contributed by atoms with Crippen LogP contribution in [0.2, 0.25) is 0 Å². The average Bonchev–Trinajstić information content (AvgIpc) is 2.72. The molecule has 0 radical (unpaired) electrons. The predicted molar refractivity (Wildman–Crippen MR) is 67.7 cm³/mol. The van der Waals surface area contributed by atoms with Crippen LogP contribution in [0.25, 0.3) is 0 Å². The summed E-state index contributed by atoms with van der Waals surface area (Å²) in [5.74, 6) is 4.32. The number of nitrogens with one attached hydrogen (secondary N) is 1. The van der Waals surface area contributed by atoms with Crippen LogP contribution in [0, 0.1) is 5.92 Å². The number of thioether (sulfide) groups is 1. The van der Waals surface area contributed by atoms with E-state index in [4.69, 9.17) is 4.42 Å². The molecule has 1 aromatic rings. The van der Waals surface area contributed by atoms with Gasteiger partial charge < -0.3 is 9.73 Å². The van der Waals surface area contributed by atoms with Gasteiger partial charge in [0.15, 0.2) is 0 Å². The molecule has 1 saturated heterocycles. The van der Waals surface area contributed by atoms with E-state index in [2.05, 4.69) is 11.4 Å². The summed E-state index contributed by atoms with van der Waals surface area (Å²) in [4.78, 5) is 0. The van der Waals surface area contributed by atoms with Gasteiger partial charge in [-0.2, -0.15) is 11.8 Å². The molecular formula is C11H18ClNOS.